The first kappa shape index (κ1) is 16.8. The van der Waals surface area contributed by atoms with Gasteiger partial charge in [0.25, 0.3) is 0 Å². The lowest BCUT2D eigenvalue weighted by Crippen LogP contribution is -2.21. The summed E-state index contributed by atoms with van der Waals surface area (Å²) < 4.78 is 2.11. The molecule has 0 saturated carbocycles. The van der Waals surface area contributed by atoms with Gasteiger partial charge in [-0.3, -0.25) is 4.79 Å². The predicted molar refractivity (Wildman–Crippen MR) is 96.8 cm³/mol. The number of fused-ring (bicyclic) bond motifs is 1. The minimum atomic E-state index is -0.869. The Kier molecular flexibility index (Phi) is 5.09. The Morgan fingerprint density at radius 3 is 2.67 bits per heavy atom. The number of aliphatic carboxylic acids is 1. The molecule has 0 aliphatic heterocycles. The van der Waals surface area contributed by atoms with E-state index >= 15 is 0 Å². The minimum absolute atomic E-state index is 0.0669. The third-order valence-corrected chi connectivity index (χ3v) is 4.41. The number of nitrogens with zero attached hydrogens (tertiary/aromatic N) is 1. The topological polar surface area (TPSA) is 54.3 Å². The third kappa shape index (κ3) is 3.73. The zero-order chi connectivity index (χ0) is 17.1. The van der Waals surface area contributed by atoms with Crippen LogP contribution >= 0.6 is 23.2 Å². The summed E-state index contributed by atoms with van der Waals surface area (Å²) in [5.74, 6) is -0.869. The SMILES string of the molecule is O=C(O)CNCc1cn(Cc2ccc(Cl)cc2Cl)c2ccccc12. The molecule has 0 amide bonds. The molecule has 0 atom stereocenters. The van der Waals surface area contributed by atoms with E-state index < -0.39 is 5.97 Å². The smallest absolute Gasteiger partial charge is 0.317 e. The molecule has 0 fully saturated rings. The Morgan fingerprint density at radius 1 is 1.12 bits per heavy atom. The van der Waals surface area contributed by atoms with E-state index in [-0.39, 0.29) is 6.54 Å². The van der Waals surface area contributed by atoms with Crippen molar-refractivity contribution in [2.24, 2.45) is 0 Å². The molecule has 0 bridgehead atoms. The summed E-state index contributed by atoms with van der Waals surface area (Å²) in [5, 5.41) is 14.0. The standard InChI is InChI=1S/C18H16Cl2N2O2/c19-14-6-5-12(16(20)7-14)10-22-11-13(8-21-9-18(23)24)15-3-1-2-4-17(15)22/h1-7,11,21H,8-10H2,(H,23,24). The van der Waals surface area contributed by atoms with Crippen molar-refractivity contribution in [2.45, 2.75) is 13.1 Å². The van der Waals surface area contributed by atoms with Gasteiger partial charge in [-0.2, -0.15) is 0 Å². The van der Waals surface area contributed by atoms with Crippen LogP contribution in [0, 0.1) is 0 Å². The first-order valence-corrected chi connectivity index (χ1v) is 8.23. The molecular formula is C18H16Cl2N2O2. The van der Waals surface area contributed by atoms with Gasteiger partial charge in [0.05, 0.1) is 6.54 Å². The van der Waals surface area contributed by atoms with Crippen LogP contribution in [-0.4, -0.2) is 22.2 Å². The number of halogens is 2. The van der Waals surface area contributed by atoms with E-state index in [0.717, 1.165) is 22.0 Å². The van der Waals surface area contributed by atoms with E-state index in [9.17, 15) is 4.79 Å². The van der Waals surface area contributed by atoms with Crippen LogP contribution in [0.4, 0.5) is 0 Å². The van der Waals surface area contributed by atoms with Gasteiger partial charge in [-0.1, -0.05) is 47.5 Å². The minimum Gasteiger partial charge on any atom is -0.480 e. The highest BCUT2D eigenvalue weighted by atomic mass is 35.5. The second-order valence-corrected chi connectivity index (χ2v) is 6.38. The molecule has 0 unspecified atom stereocenters. The van der Waals surface area contributed by atoms with Gasteiger partial charge >= 0.3 is 5.97 Å². The Bertz CT molecular complexity index is 890. The van der Waals surface area contributed by atoms with Gasteiger partial charge in [-0.25, -0.2) is 0 Å². The molecule has 0 radical (unpaired) electrons. The van der Waals surface area contributed by atoms with Crippen molar-refractivity contribution in [2.75, 3.05) is 6.54 Å². The largest absolute Gasteiger partial charge is 0.480 e. The van der Waals surface area contributed by atoms with Crippen molar-refractivity contribution >= 4 is 40.1 Å². The normalized spacial score (nSPS) is 11.1. The van der Waals surface area contributed by atoms with E-state index in [4.69, 9.17) is 28.3 Å². The maximum Gasteiger partial charge on any atom is 0.317 e. The summed E-state index contributed by atoms with van der Waals surface area (Å²) >= 11 is 12.2. The van der Waals surface area contributed by atoms with Crippen LogP contribution in [0.15, 0.2) is 48.7 Å². The highest BCUT2D eigenvalue weighted by molar-refractivity contribution is 6.35. The molecule has 0 aliphatic carbocycles. The van der Waals surface area contributed by atoms with E-state index in [1.807, 2.05) is 42.6 Å². The number of carbonyl (C=O) groups is 1. The second-order valence-electron chi connectivity index (χ2n) is 5.53. The van der Waals surface area contributed by atoms with E-state index in [1.165, 1.54) is 0 Å². The molecule has 0 spiro atoms. The molecule has 124 valence electrons. The van der Waals surface area contributed by atoms with Gasteiger partial charge in [0.15, 0.2) is 0 Å². The van der Waals surface area contributed by atoms with Crippen LogP contribution in [0.25, 0.3) is 10.9 Å². The molecule has 0 saturated heterocycles. The monoisotopic (exact) mass is 362 g/mol. The zero-order valence-corrected chi connectivity index (χ0v) is 14.3. The Balaban J connectivity index is 1.91. The fourth-order valence-corrected chi connectivity index (χ4v) is 3.20. The Labute approximate surface area is 149 Å². The number of benzene rings is 2. The van der Waals surface area contributed by atoms with Gasteiger partial charge in [-0.15, -0.1) is 0 Å². The van der Waals surface area contributed by atoms with Gasteiger partial charge in [0, 0.05) is 40.2 Å². The molecule has 3 rings (SSSR count). The summed E-state index contributed by atoms with van der Waals surface area (Å²) in [6, 6.07) is 13.5. The van der Waals surface area contributed by atoms with Crippen molar-refractivity contribution in [1.29, 1.82) is 0 Å². The number of carboxylic acid groups (broad SMARTS) is 1. The molecule has 3 aromatic rings. The molecule has 0 aliphatic rings. The number of aromatic nitrogens is 1. The van der Waals surface area contributed by atoms with Crippen molar-refractivity contribution in [1.82, 2.24) is 9.88 Å². The third-order valence-electron chi connectivity index (χ3n) is 3.82. The van der Waals surface area contributed by atoms with Crippen molar-refractivity contribution in [3.63, 3.8) is 0 Å². The first-order chi connectivity index (χ1) is 11.5. The van der Waals surface area contributed by atoms with Crippen LogP contribution in [-0.2, 0) is 17.9 Å². The summed E-state index contributed by atoms with van der Waals surface area (Å²) in [4.78, 5) is 10.7. The molecule has 4 nitrogen and oxygen atoms in total. The Morgan fingerprint density at radius 2 is 1.92 bits per heavy atom. The summed E-state index contributed by atoms with van der Waals surface area (Å²) in [7, 11) is 0. The van der Waals surface area contributed by atoms with E-state index in [0.29, 0.717) is 23.1 Å². The van der Waals surface area contributed by atoms with Crippen LogP contribution in [0.5, 0.6) is 0 Å². The second kappa shape index (κ2) is 7.26. The van der Waals surface area contributed by atoms with Crippen LogP contribution < -0.4 is 5.32 Å². The van der Waals surface area contributed by atoms with Crippen LogP contribution in [0.2, 0.25) is 10.0 Å². The molecule has 1 aromatic heterocycles. The average molecular weight is 363 g/mol. The lowest BCUT2D eigenvalue weighted by atomic mass is 10.2. The van der Waals surface area contributed by atoms with E-state index in [2.05, 4.69) is 9.88 Å². The number of hydrogen-bond donors (Lipinski definition) is 2. The summed E-state index contributed by atoms with van der Waals surface area (Å²) in [5.41, 5.74) is 3.11. The quantitative estimate of drug-likeness (QED) is 0.691. The number of para-hydroxylation sites is 1. The fourth-order valence-electron chi connectivity index (χ4n) is 2.73. The number of hydrogen-bond acceptors (Lipinski definition) is 2. The van der Waals surface area contributed by atoms with Gasteiger partial charge < -0.3 is 15.0 Å². The molecular weight excluding hydrogens is 347 g/mol. The molecule has 24 heavy (non-hydrogen) atoms. The highest BCUT2D eigenvalue weighted by Gasteiger charge is 2.10. The summed E-state index contributed by atoms with van der Waals surface area (Å²) in [6.07, 6.45) is 2.03. The zero-order valence-electron chi connectivity index (χ0n) is 12.8. The molecule has 1 heterocycles. The Hall–Kier alpha value is -2.01. The maximum absolute atomic E-state index is 10.7. The average Bonchev–Trinajstić information content (AvgIpc) is 2.88. The van der Waals surface area contributed by atoms with Crippen molar-refractivity contribution < 1.29 is 9.90 Å². The molecule has 2 N–H and O–H groups in total. The van der Waals surface area contributed by atoms with Crippen LogP contribution in [0.3, 0.4) is 0 Å². The molecule has 6 heteroatoms. The summed E-state index contributed by atoms with van der Waals surface area (Å²) in [6.45, 7) is 1.05. The maximum atomic E-state index is 10.7. The lowest BCUT2D eigenvalue weighted by molar-refractivity contribution is -0.135. The van der Waals surface area contributed by atoms with Crippen LogP contribution in [0.1, 0.15) is 11.1 Å². The number of nitrogens with one attached hydrogen (secondary N) is 1. The van der Waals surface area contributed by atoms with Crippen molar-refractivity contribution in [3.05, 3.63) is 69.8 Å². The van der Waals surface area contributed by atoms with Gasteiger partial charge in [-0.05, 0) is 29.3 Å². The highest BCUT2D eigenvalue weighted by Crippen LogP contribution is 2.26. The number of carboxylic acids is 1. The lowest BCUT2D eigenvalue weighted by Gasteiger charge is -2.08. The van der Waals surface area contributed by atoms with E-state index in [1.54, 1.807) is 6.07 Å². The van der Waals surface area contributed by atoms with Gasteiger partial charge in [0.2, 0.25) is 0 Å². The molecule has 2 aromatic carbocycles. The first-order valence-electron chi connectivity index (χ1n) is 7.48. The predicted octanol–water partition coefficient (Wildman–Crippen LogP) is 4.17. The van der Waals surface area contributed by atoms with Gasteiger partial charge in [0.1, 0.15) is 0 Å². The van der Waals surface area contributed by atoms with Crippen molar-refractivity contribution in [3.8, 4) is 0 Å². The number of rotatable bonds is 6. The fraction of sp³-hybridized carbons (Fsp3) is 0.167.